The molecule has 4 rings (SSSR count). The lowest BCUT2D eigenvalue weighted by atomic mass is 10.2. The highest BCUT2D eigenvalue weighted by atomic mass is 19.1. The predicted molar refractivity (Wildman–Crippen MR) is 93.3 cm³/mol. The van der Waals surface area contributed by atoms with Crippen molar-refractivity contribution in [1.82, 2.24) is 25.0 Å². The molecular formula is C18H13FN6O. The van der Waals surface area contributed by atoms with Gasteiger partial charge >= 0.3 is 0 Å². The Morgan fingerprint density at radius 1 is 1.15 bits per heavy atom. The summed E-state index contributed by atoms with van der Waals surface area (Å²) in [5, 5.41) is 13.7. The Labute approximate surface area is 147 Å². The molecule has 2 N–H and O–H groups in total. The second-order valence-corrected chi connectivity index (χ2v) is 5.45. The highest BCUT2D eigenvalue weighted by Gasteiger charge is 2.15. The van der Waals surface area contributed by atoms with Gasteiger partial charge < -0.3 is 5.32 Å². The lowest BCUT2D eigenvalue weighted by Crippen LogP contribution is -2.13. The molecule has 0 saturated carbocycles. The molecule has 0 bridgehead atoms. The van der Waals surface area contributed by atoms with Crippen LogP contribution in [0.4, 0.5) is 10.1 Å². The Bertz CT molecular complexity index is 1060. The van der Waals surface area contributed by atoms with Crippen LogP contribution < -0.4 is 5.32 Å². The average molecular weight is 348 g/mol. The number of amides is 1. The van der Waals surface area contributed by atoms with Crippen LogP contribution in [0.15, 0.2) is 67.1 Å². The van der Waals surface area contributed by atoms with Crippen LogP contribution in [0.3, 0.4) is 0 Å². The van der Waals surface area contributed by atoms with E-state index in [1.807, 2.05) is 12.1 Å². The summed E-state index contributed by atoms with van der Waals surface area (Å²) >= 11 is 0. The first-order valence-electron chi connectivity index (χ1n) is 7.78. The van der Waals surface area contributed by atoms with Gasteiger partial charge in [-0.25, -0.2) is 9.07 Å². The minimum absolute atomic E-state index is 0.197. The molecule has 0 aliphatic rings. The van der Waals surface area contributed by atoms with Gasteiger partial charge in [-0.3, -0.25) is 14.9 Å². The smallest absolute Gasteiger partial charge is 0.276 e. The molecule has 0 radical (unpaired) electrons. The van der Waals surface area contributed by atoms with Crippen molar-refractivity contribution in [2.75, 3.05) is 5.32 Å². The van der Waals surface area contributed by atoms with Crippen molar-refractivity contribution in [2.45, 2.75) is 0 Å². The van der Waals surface area contributed by atoms with Crippen LogP contribution in [-0.4, -0.2) is 30.9 Å². The van der Waals surface area contributed by atoms with E-state index >= 15 is 0 Å². The molecule has 0 spiro atoms. The molecule has 0 unspecified atom stereocenters. The number of aromatic amines is 1. The molecule has 0 aliphatic carbocycles. The maximum Gasteiger partial charge on any atom is 0.276 e. The summed E-state index contributed by atoms with van der Waals surface area (Å²) in [6, 6.07) is 13.0. The summed E-state index contributed by atoms with van der Waals surface area (Å²) in [4.78, 5) is 16.7. The van der Waals surface area contributed by atoms with Crippen LogP contribution in [0.5, 0.6) is 0 Å². The number of H-pyrrole nitrogens is 1. The number of carbonyl (C=O) groups is 1. The third-order valence-corrected chi connectivity index (χ3v) is 3.70. The summed E-state index contributed by atoms with van der Waals surface area (Å²) in [6.45, 7) is 0. The van der Waals surface area contributed by atoms with Gasteiger partial charge in [-0.1, -0.05) is 12.1 Å². The van der Waals surface area contributed by atoms with Crippen LogP contribution in [0.1, 0.15) is 10.5 Å². The first-order valence-corrected chi connectivity index (χ1v) is 7.78. The van der Waals surface area contributed by atoms with Gasteiger partial charge in [0, 0.05) is 12.4 Å². The van der Waals surface area contributed by atoms with Crippen molar-refractivity contribution >= 4 is 11.6 Å². The molecule has 0 fully saturated rings. The van der Waals surface area contributed by atoms with Crippen molar-refractivity contribution in [1.29, 1.82) is 0 Å². The van der Waals surface area contributed by atoms with Gasteiger partial charge in [0.2, 0.25) is 0 Å². The monoisotopic (exact) mass is 348 g/mol. The minimum atomic E-state index is -0.404. The molecule has 1 amide bonds. The molecule has 3 aromatic heterocycles. The van der Waals surface area contributed by atoms with Gasteiger partial charge in [-0.15, -0.1) is 0 Å². The summed E-state index contributed by atoms with van der Waals surface area (Å²) in [7, 11) is 0. The molecule has 7 nitrogen and oxygen atoms in total. The fraction of sp³-hybridized carbons (Fsp3) is 0. The lowest BCUT2D eigenvalue weighted by Gasteiger charge is -2.04. The highest BCUT2D eigenvalue weighted by molar-refractivity contribution is 6.04. The second-order valence-electron chi connectivity index (χ2n) is 5.45. The van der Waals surface area contributed by atoms with Crippen molar-refractivity contribution in [3.05, 3.63) is 78.6 Å². The van der Waals surface area contributed by atoms with Gasteiger partial charge in [-0.2, -0.15) is 10.2 Å². The van der Waals surface area contributed by atoms with Crippen LogP contribution in [0.25, 0.3) is 17.1 Å². The quantitative estimate of drug-likeness (QED) is 0.593. The van der Waals surface area contributed by atoms with E-state index in [4.69, 9.17) is 0 Å². The Hall–Kier alpha value is -3.81. The van der Waals surface area contributed by atoms with Gasteiger partial charge in [0.05, 0.1) is 23.3 Å². The summed E-state index contributed by atoms with van der Waals surface area (Å²) in [5.74, 6) is -0.777. The molecule has 0 atom stereocenters. The van der Waals surface area contributed by atoms with Crippen LogP contribution >= 0.6 is 0 Å². The maximum atomic E-state index is 13.3. The van der Waals surface area contributed by atoms with Gasteiger partial charge in [0.1, 0.15) is 11.5 Å². The summed E-state index contributed by atoms with van der Waals surface area (Å²) in [6.07, 6.45) is 4.76. The number of halogens is 1. The fourth-order valence-electron chi connectivity index (χ4n) is 2.48. The zero-order valence-electron chi connectivity index (χ0n) is 13.4. The first kappa shape index (κ1) is 15.7. The van der Waals surface area contributed by atoms with Crippen LogP contribution in [0.2, 0.25) is 0 Å². The van der Waals surface area contributed by atoms with E-state index in [0.29, 0.717) is 22.8 Å². The lowest BCUT2D eigenvalue weighted by molar-refractivity contribution is 0.102. The number of rotatable bonds is 4. The van der Waals surface area contributed by atoms with E-state index in [9.17, 15) is 9.18 Å². The molecule has 4 aromatic rings. The van der Waals surface area contributed by atoms with E-state index in [1.165, 1.54) is 23.0 Å². The van der Waals surface area contributed by atoms with Crippen molar-refractivity contribution in [3.63, 3.8) is 0 Å². The number of aromatic nitrogens is 5. The molecule has 0 aliphatic heterocycles. The molecule has 8 heteroatoms. The van der Waals surface area contributed by atoms with Crippen molar-refractivity contribution < 1.29 is 9.18 Å². The second kappa shape index (κ2) is 6.60. The largest absolute Gasteiger partial charge is 0.317 e. The number of pyridine rings is 1. The number of nitrogens with zero attached hydrogens (tertiary/aromatic N) is 4. The third-order valence-electron chi connectivity index (χ3n) is 3.70. The van der Waals surface area contributed by atoms with E-state index in [2.05, 4.69) is 25.6 Å². The zero-order chi connectivity index (χ0) is 17.9. The Morgan fingerprint density at radius 3 is 2.88 bits per heavy atom. The van der Waals surface area contributed by atoms with E-state index in [0.717, 1.165) is 0 Å². The van der Waals surface area contributed by atoms with Gasteiger partial charge in [0.15, 0.2) is 5.69 Å². The summed E-state index contributed by atoms with van der Waals surface area (Å²) in [5.41, 5.74) is 2.48. The van der Waals surface area contributed by atoms with Gasteiger partial charge in [0.25, 0.3) is 5.91 Å². The van der Waals surface area contributed by atoms with Crippen LogP contribution in [-0.2, 0) is 0 Å². The fourth-order valence-corrected chi connectivity index (χ4v) is 2.48. The number of carbonyl (C=O) groups excluding carboxylic acids is 1. The van der Waals surface area contributed by atoms with Crippen molar-refractivity contribution in [3.8, 4) is 17.1 Å². The van der Waals surface area contributed by atoms with E-state index < -0.39 is 5.91 Å². The number of nitrogens with one attached hydrogen (secondary N) is 2. The third kappa shape index (κ3) is 3.07. The van der Waals surface area contributed by atoms with Crippen LogP contribution in [0, 0.1) is 5.82 Å². The van der Waals surface area contributed by atoms with Gasteiger partial charge in [-0.05, 0) is 36.4 Å². The predicted octanol–water partition coefficient (Wildman–Crippen LogP) is 3.05. The zero-order valence-corrected chi connectivity index (χ0v) is 13.4. The standard InChI is InChI=1S/C18H13FN6O/c19-12-4-3-5-13(10-12)25-9-7-15(24-25)18(26)22-16-11-21-23-17(16)14-6-1-2-8-20-14/h1-11H,(H,21,23)(H,22,26). The molecule has 26 heavy (non-hydrogen) atoms. The highest BCUT2D eigenvalue weighted by Crippen LogP contribution is 2.23. The molecule has 0 saturated heterocycles. The number of benzene rings is 1. The maximum absolute atomic E-state index is 13.3. The molecule has 3 heterocycles. The van der Waals surface area contributed by atoms with Crippen molar-refractivity contribution in [2.24, 2.45) is 0 Å². The minimum Gasteiger partial charge on any atom is -0.317 e. The number of anilines is 1. The average Bonchev–Trinajstić information content (AvgIpc) is 3.32. The topological polar surface area (TPSA) is 88.5 Å². The Balaban J connectivity index is 1.56. The number of hydrogen-bond donors (Lipinski definition) is 2. The molecule has 1 aromatic carbocycles. The Kier molecular flexibility index (Phi) is 3.98. The number of hydrogen-bond acceptors (Lipinski definition) is 4. The Morgan fingerprint density at radius 2 is 2.08 bits per heavy atom. The SMILES string of the molecule is O=C(Nc1cn[nH]c1-c1ccccn1)c1ccn(-c2cccc(F)c2)n1. The summed E-state index contributed by atoms with van der Waals surface area (Å²) < 4.78 is 14.8. The first-order chi connectivity index (χ1) is 12.7. The molecule has 128 valence electrons. The van der Waals surface area contributed by atoms with E-state index in [1.54, 1.807) is 36.7 Å². The molecular weight excluding hydrogens is 335 g/mol. The van der Waals surface area contributed by atoms with E-state index in [-0.39, 0.29) is 11.5 Å². The normalized spacial score (nSPS) is 10.7.